The molecule has 106 valence electrons. The number of thioether (sulfide) groups is 1. The number of nitrogens with zero attached hydrogens (tertiary/aromatic N) is 2. The van der Waals surface area contributed by atoms with Crippen LogP contribution in [0.2, 0.25) is 0 Å². The Balaban J connectivity index is 1.72. The molecule has 1 aliphatic rings. The van der Waals surface area contributed by atoms with E-state index in [4.69, 9.17) is 4.42 Å². The zero-order chi connectivity index (χ0) is 13.9. The Bertz CT molecular complexity index is 556. The lowest BCUT2D eigenvalue weighted by Crippen LogP contribution is -1.92. The molecule has 0 atom stereocenters. The van der Waals surface area contributed by atoms with E-state index in [2.05, 4.69) is 48.3 Å². The molecule has 3 rings (SSSR count). The molecule has 1 fully saturated rings. The fraction of sp³-hybridized carbons (Fsp3) is 0.500. The van der Waals surface area contributed by atoms with Crippen LogP contribution in [0.25, 0.3) is 11.5 Å². The van der Waals surface area contributed by atoms with Crippen molar-refractivity contribution in [1.82, 2.24) is 10.2 Å². The smallest absolute Gasteiger partial charge is 0.277 e. The highest BCUT2D eigenvalue weighted by molar-refractivity contribution is 7.99. The quantitative estimate of drug-likeness (QED) is 0.802. The van der Waals surface area contributed by atoms with Gasteiger partial charge in [0.25, 0.3) is 5.22 Å². The lowest BCUT2D eigenvalue weighted by molar-refractivity contribution is 0.464. The van der Waals surface area contributed by atoms with Gasteiger partial charge in [-0.15, -0.1) is 10.2 Å². The van der Waals surface area contributed by atoms with E-state index in [-0.39, 0.29) is 0 Å². The summed E-state index contributed by atoms with van der Waals surface area (Å²) in [5.41, 5.74) is 2.33. The van der Waals surface area contributed by atoms with E-state index in [1.54, 1.807) is 11.8 Å². The van der Waals surface area contributed by atoms with Crippen molar-refractivity contribution in [3.63, 3.8) is 0 Å². The molecule has 4 heteroatoms. The molecular formula is C16H20N2OS. The minimum atomic E-state index is 0.542. The fourth-order valence-corrected chi connectivity index (χ4v) is 3.60. The van der Waals surface area contributed by atoms with Crippen LogP contribution in [-0.2, 0) is 0 Å². The molecular weight excluding hydrogens is 268 g/mol. The van der Waals surface area contributed by atoms with Crippen molar-refractivity contribution < 1.29 is 4.42 Å². The van der Waals surface area contributed by atoms with Crippen molar-refractivity contribution >= 4 is 11.8 Å². The number of aromatic nitrogens is 2. The van der Waals surface area contributed by atoms with Crippen molar-refractivity contribution in [3.8, 4) is 11.5 Å². The predicted molar refractivity (Wildman–Crippen MR) is 81.9 cm³/mol. The number of hydrogen-bond donors (Lipinski definition) is 0. The van der Waals surface area contributed by atoms with Crippen molar-refractivity contribution in [3.05, 3.63) is 29.8 Å². The van der Waals surface area contributed by atoms with Crippen LogP contribution in [-0.4, -0.2) is 15.4 Å². The first-order valence-electron chi connectivity index (χ1n) is 7.33. The van der Waals surface area contributed by atoms with Gasteiger partial charge in [0.2, 0.25) is 5.89 Å². The highest BCUT2D eigenvalue weighted by Crippen LogP contribution is 2.35. The molecule has 0 amide bonds. The van der Waals surface area contributed by atoms with Gasteiger partial charge in [0.05, 0.1) is 0 Å². The van der Waals surface area contributed by atoms with Gasteiger partial charge in [0.15, 0.2) is 0 Å². The number of benzene rings is 1. The minimum absolute atomic E-state index is 0.542. The average molecular weight is 288 g/mol. The van der Waals surface area contributed by atoms with Crippen LogP contribution in [0.4, 0.5) is 0 Å². The summed E-state index contributed by atoms with van der Waals surface area (Å²) >= 11 is 1.73. The molecule has 0 saturated heterocycles. The molecule has 1 aromatic heterocycles. The Kier molecular flexibility index (Phi) is 4.10. The zero-order valence-electron chi connectivity index (χ0n) is 12.0. The first-order valence-corrected chi connectivity index (χ1v) is 8.21. The van der Waals surface area contributed by atoms with Crippen LogP contribution in [0.1, 0.15) is 51.0 Å². The molecule has 0 radical (unpaired) electrons. The maximum atomic E-state index is 5.77. The lowest BCUT2D eigenvalue weighted by Gasteiger charge is -2.05. The molecule has 20 heavy (non-hydrogen) atoms. The third-order valence-corrected chi connectivity index (χ3v) is 4.97. The third-order valence-electron chi connectivity index (χ3n) is 3.80. The van der Waals surface area contributed by atoms with E-state index >= 15 is 0 Å². The maximum absolute atomic E-state index is 5.77. The predicted octanol–water partition coefficient (Wildman–Crippen LogP) is 4.89. The van der Waals surface area contributed by atoms with Crippen molar-refractivity contribution in [2.45, 2.75) is 55.9 Å². The molecule has 1 aromatic carbocycles. The summed E-state index contributed by atoms with van der Waals surface area (Å²) in [6.45, 7) is 4.39. The van der Waals surface area contributed by atoms with Gasteiger partial charge in [0, 0.05) is 10.8 Å². The molecule has 1 saturated carbocycles. The Morgan fingerprint density at radius 3 is 2.45 bits per heavy atom. The van der Waals surface area contributed by atoms with Gasteiger partial charge >= 0.3 is 0 Å². The molecule has 2 aromatic rings. The second kappa shape index (κ2) is 6.00. The molecule has 0 spiro atoms. The van der Waals surface area contributed by atoms with E-state index in [0.717, 1.165) is 5.56 Å². The highest BCUT2D eigenvalue weighted by Gasteiger charge is 2.19. The van der Waals surface area contributed by atoms with Gasteiger partial charge in [-0.1, -0.05) is 50.6 Å². The largest absolute Gasteiger partial charge is 0.411 e. The van der Waals surface area contributed by atoms with Gasteiger partial charge in [-0.05, 0) is 36.5 Å². The molecule has 1 aliphatic carbocycles. The second-order valence-corrected chi connectivity index (χ2v) is 6.93. The van der Waals surface area contributed by atoms with Crippen LogP contribution in [0, 0.1) is 0 Å². The van der Waals surface area contributed by atoms with E-state index in [1.807, 2.05) is 0 Å². The van der Waals surface area contributed by atoms with Crippen molar-refractivity contribution in [1.29, 1.82) is 0 Å². The van der Waals surface area contributed by atoms with Crippen LogP contribution in [0.5, 0.6) is 0 Å². The van der Waals surface area contributed by atoms with E-state index in [0.29, 0.717) is 22.3 Å². The van der Waals surface area contributed by atoms with Crippen molar-refractivity contribution in [2.24, 2.45) is 0 Å². The summed E-state index contributed by atoms with van der Waals surface area (Å²) in [5.74, 6) is 1.17. The number of rotatable bonds is 4. The van der Waals surface area contributed by atoms with Gasteiger partial charge in [-0.3, -0.25) is 0 Å². The first-order chi connectivity index (χ1) is 9.72. The van der Waals surface area contributed by atoms with Gasteiger partial charge in [-0.2, -0.15) is 0 Å². The molecule has 0 N–H and O–H groups in total. The molecule has 1 heterocycles. The molecule has 0 aliphatic heterocycles. The highest BCUT2D eigenvalue weighted by atomic mass is 32.2. The monoisotopic (exact) mass is 288 g/mol. The molecule has 0 unspecified atom stereocenters. The van der Waals surface area contributed by atoms with E-state index in [1.165, 1.54) is 31.2 Å². The SMILES string of the molecule is CC(C)c1ccc(-c2nnc(SC3CCCC3)o2)cc1. The van der Waals surface area contributed by atoms with Gasteiger partial charge in [-0.25, -0.2) is 0 Å². The summed E-state index contributed by atoms with van der Waals surface area (Å²) in [5, 5.41) is 9.69. The number of hydrogen-bond acceptors (Lipinski definition) is 4. The van der Waals surface area contributed by atoms with E-state index in [9.17, 15) is 0 Å². The second-order valence-electron chi connectivity index (χ2n) is 5.67. The molecule has 3 nitrogen and oxygen atoms in total. The normalized spacial score (nSPS) is 16.1. The van der Waals surface area contributed by atoms with Gasteiger partial charge < -0.3 is 4.42 Å². The van der Waals surface area contributed by atoms with E-state index < -0.39 is 0 Å². The van der Waals surface area contributed by atoms with Crippen LogP contribution in [0.15, 0.2) is 33.9 Å². The fourth-order valence-electron chi connectivity index (χ4n) is 2.53. The van der Waals surface area contributed by atoms with Crippen LogP contribution < -0.4 is 0 Å². The Labute approximate surface area is 124 Å². The minimum Gasteiger partial charge on any atom is -0.411 e. The Morgan fingerprint density at radius 1 is 1.10 bits per heavy atom. The lowest BCUT2D eigenvalue weighted by atomic mass is 10.0. The summed E-state index contributed by atoms with van der Waals surface area (Å²) < 4.78 is 5.77. The summed E-state index contributed by atoms with van der Waals surface area (Å²) in [6, 6.07) is 8.39. The summed E-state index contributed by atoms with van der Waals surface area (Å²) in [4.78, 5) is 0. The zero-order valence-corrected chi connectivity index (χ0v) is 12.8. The third kappa shape index (κ3) is 3.06. The Morgan fingerprint density at radius 2 is 1.80 bits per heavy atom. The van der Waals surface area contributed by atoms with Crippen LogP contribution >= 0.6 is 11.8 Å². The standard InChI is InChI=1S/C16H20N2OS/c1-11(2)12-7-9-13(10-8-12)15-17-18-16(19-15)20-14-5-3-4-6-14/h7-11,14H,3-6H2,1-2H3. The van der Waals surface area contributed by atoms with Gasteiger partial charge in [0.1, 0.15) is 0 Å². The topological polar surface area (TPSA) is 38.9 Å². The summed E-state index contributed by atoms with van der Waals surface area (Å²) in [7, 11) is 0. The maximum Gasteiger partial charge on any atom is 0.277 e. The summed E-state index contributed by atoms with van der Waals surface area (Å²) in [6.07, 6.45) is 5.20. The average Bonchev–Trinajstić information content (AvgIpc) is 3.11. The van der Waals surface area contributed by atoms with Crippen LogP contribution in [0.3, 0.4) is 0 Å². The molecule has 0 bridgehead atoms. The van der Waals surface area contributed by atoms with Crippen molar-refractivity contribution in [2.75, 3.05) is 0 Å². The first kappa shape index (κ1) is 13.7. The Hall–Kier alpha value is -1.29.